The summed E-state index contributed by atoms with van der Waals surface area (Å²) in [4.78, 5) is 34.1. The number of ether oxygens (including phenoxy) is 1. The lowest BCUT2D eigenvalue weighted by atomic mass is 9.93. The Morgan fingerprint density at radius 1 is 1.20 bits per heavy atom. The molecule has 0 spiro atoms. The number of carbonyl (C=O) groups excluding carboxylic acids is 3. The van der Waals surface area contributed by atoms with Crippen molar-refractivity contribution >= 4 is 17.5 Å². The molecule has 4 nitrogen and oxygen atoms in total. The van der Waals surface area contributed by atoms with Crippen LogP contribution >= 0.6 is 0 Å². The van der Waals surface area contributed by atoms with Crippen LogP contribution in [0, 0.1) is 11.8 Å². The van der Waals surface area contributed by atoms with Gasteiger partial charge in [-0.1, -0.05) is 13.8 Å². The van der Waals surface area contributed by atoms with Crippen molar-refractivity contribution in [1.29, 1.82) is 0 Å². The smallest absolute Gasteiger partial charge is 0.324 e. The van der Waals surface area contributed by atoms with Crippen molar-refractivity contribution in [3.05, 3.63) is 0 Å². The maximum Gasteiger partial charge on any atom is 0.324 e. The summed E-state index contributed by atoms with van der Waals surface area (Å²) in [5, 5.41) is 0. The van der Waals surface area contributed by atoms with Gasteiger partial charge in [-0.25, -0.2) is 0 Å². The molecule has 0 aromatic rings. The van der Waals surface area contributed by atoms with Crippen LogP contribution in [0.5, 0.6) is 0 Å². The number of rotatable bonds is 6. The third-order valence-electron chi connectivity index (χ3n) is 1.86. The summed E-state index contributed by atoms with van der Waals surface area (Å²) < 4.78 is 4.69. The Bertz CT molecular complexity index is 255. The predicted octanol–water partition coefficient (Wildman–Crippen LogP) is 1.37. The Labute approximate surface area is 90.0 Å². The second-order valence-corrected chi connectivity index (χ2v) is 3.86. The molecule has 0 heterocycles. The fraction of sp³-hybridized carbons (Fsp3) is 0.727. The molecule has 0 radical (unpaired) electrons. The molecule has 4 heteroatoms. The molecule has 0 bridgehead atoms. The minimum absolute atomic E-state index is 0.133. The third-order valence-corrected chi connectivity index (χ3v) is 1.86. The van der Waals surface area contributed by atoms with Crippen LogP contribution in [0.4, 0.5) is 0 Å². The van der Waals surface area contributed by atoms with Gasteiger partial charge in [-0.3, -0.25) is 14.4 Å². The molecule has 0 aliphatic carbocycles. The van der Waals surface area contributed by atoms with Gasteiger partial charge in [0.1, 0.15) is 0 Å². The van der Waals surface area contributed by atoms with Gasteiger partial charge >= 0.3 is 5.97 Å². The van der Waals surface area contributed by atoms with E-state index in [-0.39, 0.29) is 24.7 Å². The van der Waals surface area contributed by atoms with Gasteiger partial charge in [-0.15, -0.1) is 0 Å². The summed E-state index contributed by atoms with van der Waals surface area (Å²) in [5.74, 6) is -2.62. The van der Waals surface area contributed by atoms with E-state index in [2.05, 4.69) is 4.74 Å². The predicted molar refractivity (Wildman–Crippen MR) is 55.3 cm³/mol. The van der Waals surface area contributed by atoms with Crippen LogP contribution in [0.2, 0.25) is 0 Å². The Kier molecular flexibility index (Phi) is 5.82. The molecule has 1 atom stereocenters. The summed E-state index contributed by atoms with van der Waals surface area (Å²) in [6, 6.07) is 0. The number of hydrogen-bond acceptors (Lipinski definition) is 4. The molecule has 0 fully saturated rings. The van der Waals surface area contributed by atoms with Gasteiger partial charge in [0.05, 0.1) is 6.61 Å². The maximum absolute atomic E-state index is 11.6. The highest BCUT2D eigenvalue weighted by atomic mass is 16.5. The fourth-order valence-corrected chi connectivity index (χ4v) is 1.27. The summed E-state index contributed by atoms with van der Waals surface area (Å²) in [6.45, 7) is 6.78. The summed E-state index contributed by atoms with van der Waals surface area (Å²) in [6.07, 6.45) is 0.225. The van der Waals surface area contributed by atoms with Crippen molar-refractivity contribution in [2.45, 2.75) is 34.1 Å². The lowest BCUT2D eigenvalue weighted by molar-refractivity contribution is -0.154. The molecule has 0 aliphatic rings. The van der Waals surface area contributed by atoms with Crippen LogP contribution in [-0.2, 0) is 19.1 Å². The molecule has 0 amide bonds. The second kappa shape index (κ2) is 6.32. The SMILES string of the molecule is CCOC(=O)C(C(C)=O)C(=O)CC(C)C. The van der Waals surface area contributed by atoms with Crippen molar-refractivity contribution in [2.24, 2.45) is 11.8 Å². The molecule has 0 saturated heterocycles. The van der Waals surface area contributed by atoms with Crippen molar-refractivity contribution in [2.75, 3.05) is 6.61 Å². The molecule has 86 valence electrons. The van der Waals surface area contributed by atoms with Gasteiger partial charge in [0.15, 0.2) is 17.5 Å². The van der Waals surface area contributed by atoms with E-state index < -0.39 is 17.7 Å². The first-order valence-corrected chi connectivity index (χ1v) is 5.09. The molecule has 0 saturated carbocycles. The van der Waals surface area contributed by atoms with Gasteiger partial charge in [-0.2, -0.15) is 0 Å². The second-order valence-electron chi connectivity index (χ2n) is 3.86. The number of hydrogen-bond donors (Lipinski definition) is 0. The summed E-state index contributed by atoms with van der Waals surface area (Å²) in [7, 11) is 0. The third kappa shape index (κ3) is 4.72. The van der Waals surface area contributed by atoms with Crippen LogP contribution < -0.4 is 0 Å². The zero-order valence-electron chi connectivity index (χ0n) is 9.70. The zero-order chi connectivity index (χ0) is 12.0. The lowest BCUT2D eigenvalue weighted by Crippen LogP contribution is -2.32. The summed E-state index contributed by atoms with van der Waals surface area (Å²) in [5.41, 5.74) is 0. The van der Waals surface area contributed by atoms with Gasteiger partial charge in [-0.05, 0) is 19.8 Å². The molecule has 0 aliphatic heterocycles. The zero-order valence-corrected chi connectivity index (χ0v) is 9.70. The van der Waals surface area contributed by atoms with Gasteiger partial charge in [0, 0.05) is 6.42 Å². The molecule has 0 N–H and O–H groups in total. The molecular weight excluding hydrogens is 196 g/mol. The number of ketones is 2. The van der Waals surface area contributed by atoms with Crippen LogP contribution in [0.15, 0.2) is 0 Å². The van der Waals surface area contributed by atoms with E-state index in [1.807, 2.05) is 13.8 Å². The Morgan fingerprint density at radius 3 is 2.07 bits per heavy atom. The molecule has 0 rings (SSSR count). The van der Waals surface area contributed by atoms with E-state index in [9.17, 15) is 14.4 Å². The van der Waals surface area contributed by atoms with E-state index >= 15 is 0 Å². The Balaban J connectivity index is 4.59. The molecular formula is C11H18O4. The highest BCUT2D eigenvalue weighted by Gasteiger charge is 2.32. The van der Waals surface area contributed by atoms with Crippen LogP contribution in [0.25, 0.3) is 0 Å². The van der Waals surface area contributed by atoms with Crippen molar-refractivity contribution in [3.8, 4) is 0 Å². The molecule has 0 aromatic heterocycles. The largest absolute Gasteiger partial charge is 0.465 e. The van der Waals surface area contributed by atoms with Crippen LogP contribution in [-0.4, -0.2) is 24.1 Å². The van der Waals surface area contributed by atoms with Crippen molar-refractivity contribution in [3.63, 3.8) is 0 Å². The first kappa shape index (κ1) is 13.8. The van der Waals surface area contributed by atoms with Gasteiger partial charge < -0.3 is 4.74 Å². The Morgan fingerprint density at radius 2 is 1.73 bits per heavy atom. The highest BCUT2D eigenvalue weighted by molar-refractivity contribution is 6.16. The van der Waals surface area contributed by atoms with E-state index in [0.29, 0.717) is 0 Å². The van der Waals surface area contributed by atoms with Gasteiger partial charge in [0.25, 0.3) is 0 Å². The Hall–Kier alpha value is -1.19. The molecule has 0 aromatic carbocycles. The first-order chi connectivity index (χ1) is 6.90. The quantitative estimate of drug-likeness (QED) is 0.495. The van der Waals surface area contributed by atoms with E-state index in [4.69, 9.17) is 0 Å². The van der Waals surface area contributed by atoms with E-state index in [1.54, 1.807) is 6.92 Å². The molecule has 15 heavy (non-hydrogen) atoms. The van der Waals surface area contributed by atoms with E-state index in [0.717, 1.165) is 0 Å². The minimum atomic E-state index is -1.23. The molecule has 1 unspecified atom stereocenters. The van der Waals surface area contributed by atoms with Crippen LogP contribution in [0.3, 0.4) is 0 Å². The fourth-order valence-electron chi connectivity index (χ4n) is 1.27. The number of esters is 1. The average Bonchev–Trinajstić information content (AvgIpc) is 2.01. The minimum Gasteiger partial charge on any atom is -0.465 e. The summed E-state index contributed by atoms with van der Waals surface area (Å²) >= 11 is 0. The monoisotopic (exact) mass is 214 g/mol. The van der Waals surface area contributed by atoms with Crippen LogP contribution in [0.1, 0.15) is 34.1 Å². The first-order valence-electron chi connectivity index (χ1n) is 5.09. The maximum atomic E-state index is 11.6. The van der Waals surface area contributed by atoms with E-state index in [1.165, 1.54) is 6.92 Å². The number of carbonyl (C=O) groups is 3. The standard InChI is InChI=1S/C11H18O4/c1-5-15-11(14)10(8(4)12)9(13)6-7(2)3/h7,10H,5-6H2,1-4H3. The van der Waals surface area contributed by atoms with Crippen molar-refractivity contribution in [1.82, 2.24) is 0 Å². The number of Topliss-reactive ketones (excluding diaryl/α,β-unsaturated/α-hetero) is 2. The van der Waals surface area contributed by atoms with Crippen molar-refractivity contribution < 1.29 is 19.1 Å². The van der Waals surface area contributed by atoms with Gasteiger partial charge in [0.2, 0.25) is 0 Å². The topological polar surface area (TPSA) is 60.4 Å². The highest BCUT2D eigenvalue weighted by Crippen LogP contribution is 2.11. The normalized spacial score (nSPS) is 12.3. The average molecular weight is 214 g/mol. The lowest BCUT2D eigenvalue weighted by Gasteiger charge is -2.12.